The van der Waals surface area contributed by atoms with Gasteiger partial charge in [-0.15, -0.1) is 0 Å². The molecule has 0 saturated carbocycles. The smallest absolute Gasteiger partial charge is 0.137 e. The molecule has 2 aromatic heterocycles. The molecule has 0 saturated heterocycles. The Kier molecular flexibility index (Phi) is 1.36. The molecule has 0 aliphatic rings. The second kappa shape index (κ2) is 2.36. The maximum Gasteiger partial charge on any atom is 0.137 e. The summed E-state index contributed by atoms with van der Waals surface area (Å²) in [6, 6.07) is 5.68. The molecule has 3 nitrogen and oxygen atoms in total. The van der Waals surface area contributed by atoms with E-state index in [2.05, 4.69) is 4.98 Å². The summed E-state index contributed by atoms with van der Waals surface area (Å²) in [5, 5.41) is 10.4. The van der Waals surface area contributed by atoms with Crippen LogP contribution in [-0.2, 0) is 11.7 Å². The van der Waals surface area contributed by atoms with Crippen LogP contribution in [0.15, 0.2) is 30.6 Å². The first-order chi connectivity index (χ1) is 5.40. The maximum absolute atomic E-state index is 10.4. The lowest BCUT2D eigenvalue weighted by Crippen LogP contribution is -1.77. The molecule has 2 heterocycles. The van der Waals surface area contributed by atoms with E-state index in [0.29, 0.717) is 5.69 Å². The molecular formula is C8H7N2O. The van der Waals surface area contributed by atoms with Crippen LogP contribution in [-0.4, -0.2) is 9.38 Å². The average molecular weight is 147 g/mol. The summed E-state index contributed by atoms with van der Waals surface area (Å²) in [6.45, 7) is -0.248. The number of hydrogen-bond donors (Lipinski definition) is 0. The standard InChI is InChI=1S/C8H7N2O/c11-6-7-5-10-4-2-1-3-8(10)9-7/h1-5H,6H2. The Labute approximate surface area is 63.9 Å². The third-order valence-electron chi connectivity index (χ3n) is 1.56. The van der Waals surface area contributed by atoms with Crippen molar-refractivity contribution < 1.29 is 5.11 Å². The molecule has 0 atom stereocenters. The van der Waals surface area contributed by atoms with Gasteiger partial charge in [-0.25, -0.2) is 10.1 Å². The van der Waals surface area contributed by atoms with Crippen LogP contribution in [0.5, 0.6) is 0 Å². The summed E-state index contributed by atoms with van der Waals surface area (Å²) in [4.78, 5) is 4.08. The molecule has 3 heteroatoms. The molecule has 0 bridgehead atoms. The highest BCUT2D eigenvalue weighted by molar-refractivity contribution is 5.39. The van der Waals surface area contributed by atoms with Gasteiger partial charge < -0.3 is 4.40 Å². The predicted molar refractivity (Wildman–Crippen MR) is 39.6 cm³/mol. The van der Waals surface area contributed by atoms with Crippen molar-refractivity contribution in [3.8, 4) is 0 Å². The topological polar surface area (TPSA) is 37.2 Å². The lowest BCUT2D eigenvalue weighted by molar-refractivity contribution is 0.174. The molecule has 55 valence electrons. The molecule has 0 aliphatic heterocycles. The highest BCUT2D eigenvalue weighted by atomic mass is 16.3. The highest BCUT2D eigenvalue weighted by Gasteiger charge is 1.97. The van der Waals surface area contributed by atoms with Gasteiger partial charge in [-0.1, -0.05) is 6.07 Å². The van der Waals surface area contributed by atoms with Gasteiger partial charge in [0.25, 0.3) is 0 Å². The number of pyridine rings is 1. The lowest BCUT2D eigenvalue weighted by atomic mass is 10.5. The zero-order chi connectivity index (χ0) is 7.68. The van der Waals surface area contributed by atoms with Gasteiger partial charge in [0.2, 0.25) is 0 Å². The van der Waals surface area contributed by atoms with Crippen molar-refractivity contribution in [2.75, 3.05) is 0 Å². The Balaban J connectivity index is 2.69. The molecule has 0 N–H and O–H groups in total. The Morgan fingerprint density at radius 1 is 1.45 bits per heavy atom. The van der Waals surface area contributed by atoms with E-state index in [9.17, 15) is 5.11 Å². The number of fused-ring (bicyclic) bond motifs is 1. The van der Waals surface area contributed by atoms with Crippen molar-refractivity contribution in [2.24, 2.45) is 0 Å². The van der Waals surface area contributed by atoms with Crippen LogP contribution in [0.25, 0.3) is 5.65 Å². The molecule has 0 amide bonds. The largest absolute Gasteiger partial charge is 0.307 e. The number of hydrogen-bond acceptors (Lipinski definition) is 1. The van der Waals surface area contributed by atoms with E-state index in [1.165, 1.54) is 0 Å². The number of rotatable bonds is 1. The lowest BCUT2D eigenvalue weighted by Gasteiger charge is -1.86. The third-order valence-corrected chi connectivity index (χ3v) is 1.56. The number of nitrogens with zero attached hydrogens (tertiary/aromatic N) is 2. The quantitative estimate of drug-likeness (QED) is 0.598. The summed E-state index contributed by atoms with van der Waals surface area (Å²) in [7, 11) is 0. The van der Waals surface area contributed by atoms with Crippen molar-refractivity contribution in [3.05, 3.63) is 36.3 Å². The van der Waals surface area contributed by atoms with Gasteiger partial charge in [-0.2, -0.15) is 0 Å². The number of imidazole rings is 1. The Morgan fingerprint density at radius 3 is 3.09 bits per heavy atom. The fraction of sp³-hybridized carbons (Fsp3) is 0.125. The molecule has 0 spiro atoms. The van der Waals surface area contributed by atoms with E-state index >= 15 is 0 Å². The van der Waals surface area contributed by atoms with Gasteiger partial charge in [0, 0.05) is 12.4 Å². The maximum atomic E-state index is 10.4. The molecular weight excluding hydrogens is 140 g/mol. The Morgan fingerprint density at radius 2 is 2.36 bits per heavy atom. The van der Waals surface area contributed by atoms with Crippen molar-refractivity contribution >= 4 is 5.65 Å². The SMILES string of the molecule is [O]Cc1cn2ccccc2n1. The molecule has 2 aromatic rings. The third kappa shape index (κ3) is 0.991. The molecule has 0 aromatic carbocycles. The van der Waals surface area contributed by atoms with Gasteiger partial charge in [0.05, 0.1) is 5.69 Å². The highest BCUT2D eigenvalue weighted by Crippen LogP contribution is 2.03. The summed E-state index contributed by atoms with van der Waals surface area (Å²) < 4.78 is 1.84. The van der Waals surface area contributed by atoms with Gasteiger partial charge in [0.15, 0.2) is 0 Å². The first kappa shape index (κ1) is 6.37. The minimum atomic E-state index is -0.248. The fourth-order valence-electron chi connectivity index (χ4n) is 1.06. The van der Waals surface area contributed by atoms with Crippen molar-refractivity contribution in [3.63, 3.8) is 0 Å². The van der Waals surface area contributed by atoms with Gasteiger partial charge in [-0.05, 0) is 12.1 Å². The molecule has 0 fully saturated rings. The Hall–Kier alpha value is -1.35. The summed E-state index contributed by atoms with van der Waals surface area (Å²) in [5.41, 5.74) is 1.43. The Bertz CT molecular complexity index is 334. The van der Waals surface area contributed by atoms with Crippen LogP contribution < -0.4 is 0 Å². The van der Waals surface area contributed by atoms with E-state index in [-0.39, 0.29) is 6.61 Å². The molecule has 2 rings (SSSR count). The summed E-state index contributed by atoms with van der Waals surface area (Å²) >= 11 is 0. The molecule has 1 radical (unpaired) electrons. The van der Waals surface area contributed by atoms with Crippen LogP contribution in [0.2, 0.25) is 0 Å². The molecule has 0 unspecified atom stereocenters. The van der Waals surface area contributed by atoms with E-state index in [0.717, 1.165) is 5.65 Å². The van der Waals surface area contributed by atoms with Crippen molar-refractivity contribution in [2.45, 2.75) is 6.61 Å². The minimum absolute atomic E-state index is 0.248. The average Bonchev–Trinajstić information content (AvgIpc) is 2.46. The first-order valence-corrected chi connectivity index (χ1v) is 3.41. The minimum Gasteiger partial charge on any atom is -0.307 e. The second-order valence-corrected chi connectivity index (χ2v) is 2.34. The van der Waals surface area contributed by atoms with E-state index in [4.69, 9.17) is 0 Å². The van der Waals surface area contributed by atoms with E-state index in [1.807, 2.05) is 28.8 Å². The molecule has 11 heavy (non-hydrogen) atoms. The molecule has 0 aliphatic carbocycles. The van der Waals surface area contributed by atoms with Crippen LogP contribution >= 0.6 is 0 Å². The van der Waals surface area contributed by atoms with Crippen LogP contribution in [0, 0.1) is 0 Å². The van der Waals surface area contributed by atoms with Crippen molar-refractivity contribution in [1.82, 2.24) is 9.38 Å². The van der Waals surface area contributed by atoms with Crippen LogP contribution in [0.1, 0.15) is 5.69 Å². The number of aromatic nitrogens is 2. The zero-order valence-electron chi connectivity index (χ0n) is 5.90. The predicted octanol–water partition coefficient (Wildman–Crippen LogP) is 1.26. The fourth-order valence-corrected chi connectivity index (χ4v) is 1.06. The first-order valence-electron chi connectivity index (χ1n) is 3.41. The monoisotopic (exact) mass is 147 g/mol. The second-order valence-electron chi connectivity index (χ2n) is 2.34. The van der Waals surface area contributed by atoms with Crippen LogP contribution in [0.4, 0.5) is 0 Å². The van der Waals surface area contributed by atoms with Gasteiger partial charge >= 0.3 is 0 Å². The van der Waals surface area contributed by atoms with Gasteiger partial charge in [-0.3, -0.25) is 0 Å². The summed E-state index contributed by atoms with van der Waals surface area (Å²) in [5.74, 6) is 0. The van der Waals surface area contributed by atoms with Gasteiger partial charge in [0.1, 0.15) is 12.3 Å². The van der Waals surface area contributed by atoms with E-state index in [1.54, 1.807) is 6.20 Å². The van der Waals surface area contributed by atoms with Crippen molar-refractivity contribution in [1.29, 1.82) is 0 Å². The summed E-state index contributed by atoms with van der Waals surface area (Å²) in [6.07, 6.45) is 3.63. The normalized spacial score (nSPS) is 10.6. The zero-order valence-corrected chi connectivity index (χ0v) is 5.90. The van der Waals surface area contributed by atoms with Crippen LogP contribution in [0.3, 0.4) is 0 Å². The van der Waals surface area contributed by atoms with E-state index < -0.39 is 0 Å².